The van der Waals surface area contributed by atoms with Crippen molar-refractivity contribution >= 4 is 0 Å². The lowest BCUT2D eigenvalue weighted by atomic mass is 9.77. The normalized spacial score (nSPS) is 22.4. The summed E-state index contributed by atoms with van der Waals surface area (Å²) in [6.07, 6.45) is 3.93. The van der Waals surface area contributed by atoms with E-state index in [-0.39, 0.29) is 17.2 Å². The maximum Gasteiger partial charge on any atom is 0.101 e. The van der Waals surface area contributed by atoms with Crippen LogP contribution in [0, 0.1) is 0 Å². The molecular formula is C18H27NO. The van der Waals surface area contributed by atoms with E-state index in [0.717, 1.165) is 19.4 Å². The first-order valence-electron chi connectivity index (χ1n) is 7.43. The summed E-state index contributed by atoms with van der Waals surface area (Å²) in [6.45, 7) is 14.0. The van der Waals surface area contributed by atoms with Gasteiger partial charge >= 0.3 is 0 Å². The number of hydrogen-bond acceptors (Lipinski definition) is 2. The van der Waals surface area contributed by atoms with E-state index < -0.39 is 0 Å². The smallest absolute Gasteiger partial charge is 0.101 e. The predicted molar refractivity (Wildman–Crippen MR) is 84.4 cm³/mol. The molecule has 1 aromatic carbocycles. The van der Waals surface area contributed by atoms with Gasteiger partial charge < -0.3 is 4.74 Å². The van der Waals surface area contributed by atoms with Gasteiger partial charge in [0.2, 0.25) is 0 Å². The molecule has 1 heterocycles. The third-order valence-electron chi connectivity index (χ3n) is 4.39. The Labute approximate surface area is 123 Å². The van der Waals surface area contributed by atoms with E-state index in [1.54, 1.807) is 6.26 Å². The van der Waals surface area contributed by atoms with Crippen LogP contribution >= 0.6 is 0 Å². The van der Waals surface area contributed by atoms with Crippen LogP contribution in [0.1, 0.15) is 46.1 Å². The van der Waals surface area contributed by atoms with Gasteiger partial charge in [-0.25, -0.2) is 0 Å². The van der Waals surface area contributed by atoms with Crippen LogP contribution in [0.15, 0.2) is 43.2 Å². The van der Waals surface area contributed by atoms with Gasteiger partial charge in [0.25, 0.3) is 0 Å². The molecule has 0 amide bonds. The summed E-state index contributed by atoms with van der Waals surface area (Å²) in [5.74, 6) is 0. The molecule has 0 atom stereocenters. The summed E-state index contributed by atoms with van der Waals surface area (Å²) in [5.41, 5.74) is 1.60. The summed E-state index contributed by atoms with van der Waals surface area (Å²) in [5, 5.41) is 0. The molecule has 1 fully saturated rings. The van der Waals surface area contributed by atoms with Crippen molar-refractivity contribution in [1.82, 2.24) is 4.90 Å². The SMILES string of the molecule is C=COC1CC(C)(C)N(Cc2ccccc2)C(C)(C)C1. The van der Waals surface area contributed by atoms with Crippen LogP contribution in [0.4, 0.5) is 0 Å². The molecule has 1 aliphatic heterocycles. The Morgan fingerprint density at radius 2 is 1.70 bits per heavy atom. The van der Waals surface area contributed by atoms with Crippen LogP contribution in [-0.2, 0) is 11.3 Å². The summed E-state index contributed by atoms with van der Waals surface area (Å²) in [6, 6.07) is 10.7. The average Bonchev–Trinajstić information content (AvgIpc) is 2.35. The number of rotatable bonds is 4. The van der Waals surface area contributed by atoms with E-state index in [1.807, 2.05) is 0 Å². The van der Waals surface area contributed by atoms with Crippen molar-refractivity contribution in [1.29, 1.82) is 0 Å². The highest BCUT2D eigenvalue weighted by atomic mass is 16.5. The first kappa shape index (κ1) is 15.1. The van der Waals surface area contributed by atoms with Crippen molar-refractivity contribution in [2.24, 2.45) is 0 Å². The molecule has 0 aromatic heterocycles. The second-order valence-electron chi connectivity index (χ2n) is 7.03. The molecule has 20 heavy (non-hydrogen) atoms. The number of likely N-dealkylation sites (tertiary alicyclic amines) is 1. The Hall–Kier alpha value is -1.28. The Bertz CT molecular complexity index is 432. The van der Waals surface area contributed by atoms with E-state index in [0.29, 0.717) is 0 Å². The fourth-order valence-electron chi connectivity index (χ4n) is 3.65. The van der Waals surface area contributed by atoms with E-state index in [1.165, 1.54) is 5.56 Å². The van der Waals surface area contributed by atoms with Crippen molar-refractivity contribution in [2.75, 3.05) is 0 Å². The molecule has 0 bridgehead atoms. The van der Waals surface area contributed by atoms with Crippen LogP contribution in [0.5, 0.6) is 0 Å². The quantitative estimate of drug-likeness (QED) is 0.755. The van der Waals surface area contributed by atoms with Crippen LogP contribution in [0.25, 0.3) is 0 Å². The molecule has 110 valence electrons. The first-order chi connectivity index (χ1) is 9.35. The summed E-state index contributed by atoms with van der Waals surface area (Å²) in [4.78, 5) is 2.61. The lowest BCUT2D eigenvalue weighted by molar-refractivity contribution is -0.0892. The zero-order valence-corrected chi connectivity index (χ0v) is 13.2. The van der Waals surface area contributed by atoms with Gasteiger partial charge in [0.15, 0.2) is 0 Å². The van der Waals surface area contributed by atoms with E-state index in [9.17, 15) is 0 Å². The topological polar surface area (TPSA) is 12.5 Å². The summed E-state index contributed by atoms with van der Waals surface area (Å²) < 4.78 is 5.69. The molecule has 0 spiro atoms. The minimum absolute atomic E-state index is 0.116. The van der Waals surface area contributed by atoms with Crippen LogP contribution < -0.4 is 0 Å². The maximum absolute atomic E-state index is 5.69. The number of nitrogens with zero attached hydrogens (tertiary/aromatic N) is 1. The molecule has 0 unspecified atom stereocenters. The van der Waals surface area contributed by atoms with Gasteiger partial charge in [-0.05, 0) is 33.3 Å². The molecule has 1 aliphatic rings. The molecule has 0 aliphatic carbocycles. The summed E-state index contributed by atoms with van der Waals surface area (Å²) >= 11 is 0. The van der Waals surface area contributed by atoms with Crippen molar-refractivity contribution in [2.45, 2.75) is 64.3 Å². The zero-order valence-electron chi connectivity index (χ0n) is 13.2. The molecule has 1 saturated heterocycles. The fourth-order valence-corrected chi connectivity index (χ4v) is 3.65. The Morgan fingerprint density at radius 1 is 1.15 bits per heavy atom. The highest BCUT2D eigenvalue weighted by Crippen LogP contribution is 2.40. The van der Waals surface area contributed by atoms with Gasteiger partial charge in [0.05, 0.1) is 6.26 Å². The van der Waals surface area contributed by atoms with Crippen LogP contribution in [-0.4, -0.2) is 22.1 Å². The molecule has 2 heteroatoms. The highest BCUT2D eigenvalue weighted by Gasteiger charge is 2.45. The molecule has 1 aromatic rings. The standard InChI is InChI=1S/C18H27NO/c1-6-20-16-12-17(2,3)19(18(4,5)13-16)14-15-10-8-7-9-11-15/h6-11,16H,1,12-14H2,2-5H3. The zero-order chi connectivity index (χ0) is 14.8. The van der Waals surface area contributed by atoms with Gasteiger partial charge in [-0.15, -0.1) is 0 Å². The molecule has 0 N–H and O–H groups in total. The second-order valence-corrected chi connectivity index (χ2v) is 7.03. The average molecular weight is 273 g/mol. The maximum atomic E-state index is 5.69. The van der Waals surface area contributed by atoms with Gasteiger partial charge in [0, 0.05) is 30.5 Å². The van der Waals surface area contributed by atoms with Crippen molar-refractivity contribution in [3.05, 3.63) is 48.7 Å². The minimum Gasteiger partial charge on any atom is -0.499 e. The minimum atomic E-state index is 0.116. The van der Waals surface area contributed by atoms with Crippen molar-refractivity contribution < 1.29 is 4.74 Å². The molecule has 2 nitrogen and oxygen atoms in total. The second kappa shape index (κ2) is 5.61. The third kappa shape index (κ3) is 3.24. The summed E-state index contributed by atoms with van der Waals surface area (Å²) in [7, 11) is 0. The Morgan fingerprint density at radius 3 is 2.20 bits per heavy atom. The van der Waals surface area contributed by atoms with E-state index >= 15 is 0 Å². The lowest BCUT2D eigenvalue weighted by Crippen LogP contribution is -2.61. The molecule has 0 saturated carbocycles. The van der Waals surface area contributed by atoms with Crippen molar-refractivity contribution in [3.63, 3.8) is 0 Å². The van der Waals surface area contributed by atoms with E-state index in [4.69, 9.17) is 4.74 Å². The van der Waals surface area contributed by atoms with Crippen LogP contribution in [0.3, 0.4) is 0 Å². The van der Waals surface area contributed by atoms with E-state index in [2.05, 4.69) is 69.5 Å². The first-order valence-corrected chi connectivity index (χ1v) is 7.43. The lowest BCUT2D eigenvalue weighted by Gasteiger charge is -2.55. The number of piperidine rings is 1. The Balaban J connectivity index is 2.20. The molecular weight excluding hydrogens is 246 g/mol. The third-order valence-corrected chi connectivity index (χ3v) is 4.39. The van der Waals surface area contributed by atoms with Gasteiger partial charge in [-0.1, -0.05) is 36.9 Å². The van der Waals surface area contributed by atoms with Gasteiger partial charge in [-0.3, -0.25) is 4.90 Å². The number of hydrogen-bond donors (Lipinski definition) is 0. The number of benzene rings is 1. The van der Waals surface area contributed by atoms with Crippen molar-refractivity contribution in [3.8, 4) is 0 Å². The fraction of sp³-hybridized carbons (Fsp3) is 0.556. The molecule has 0 radical (unpaired) electrons. The van der Waals surface area contributed by atoms with Gasteiger partial charge in [-0.2, -0.15) is 0 Å². The van der Waals surface area contributed by atoms with Crippen LogP contribution in [0.2, 0.25) is 0 Å². The number of ether oxygens (including phenoxy) is 1. The largest absolute Gasteiger partial charge is 0.499 e. The monoisotopic (exact) mass is 273 g/mol. The predicted octanol–water partition coefficient (Wildman–Crippen LogP) is 4.37. The van der Waals surface area contributed by atoms with Gasteiger partial charge in [0.1, 0.15) is 6.10 Å². The molecule has 2 rings (SSSR count). The highest BCUT2D eigenvalue weighted by molar-refractivity contribution is 5.16. The Kier molecular flexibility index (Phi) is 4.24.